The number of carbonyl (C=O) groups is 1. The standard InChI is InChI=1S/C14H9Cl3O4/c15-10-2-1-3-11(16)9(10)6-21-7-4-8(14(19)20)13(18)12(17)5-7/h1-5,18H,6H2,(H,19,20). The van der Waals surface area contributed by atoms with Crippen molar-refractivity contribution in [2.75, 3.05) is 0 Å². The lowest BCUT2D eigenvalue weighted by molar-refractivity contribution is 0.0693. The summed E-state index contributed by atoms with van der Waals surface area (Å²) in [6.07, 6.45) is 0. The first kappa shape index (κ1) is 15.8. The van der Waals surface area contributed by atoms with Crippen molar-refractivity contribution in [3.8, 4) is 11.5 Å². The van der Waals surface area contributed by atoms with Crippen molar-refractivity contribution in [1.82, 2.24) is 0 Å². The van der Waals surface area contributed by atoms with Crippen molar-refractivity contribution in [2.24, 2.45) is 0 Å². The van der Waals surface area contributed by atoms with Gasteiger partial charge in [-0.05, 0) is 18.2 Å². The molecular weight excluding hydrogens is 339 g/mol. The van der Waals surface area contributed by atoms with Crippen LogP contribution < -0.4 is 4.74 Å². The highest BCUT2D eigenvalue weighted by molar-refractivity contribution is 6.36. The van der Waals surface area contributed by atoms with Crippen LogP contribution in [0.4, 0.5) is 0 Å². The van der Waals surface area contributed by atoms with Gasteiger partial charge >= 0.3 is 5.97 Å². The normalized spacial score (nSPS) is 10.4. The van der Waals surface area contributed by atoms with Crippen LogP contribution in [0.5, 0.6) is 11.5 Å². The van der Waals surface area contributed by atoms with Gasteiger partial charge in [-0.2, -0.15) is 0 Å². The van der Waals surface area contributed by atoms with Crippen molar-refractivity contribution in [3.05, 3.63) is 56.5 Å². The zero-order chi connectivity index (χ0) is 15.6. The number of aromatic carboxylic acids is 1. The Hall–Kier alpha value is -1.62. The Kier molecular flexibility index (Phi) is 4.83. The smallest absolute Gasteiger partial charge is 0.339 e. The summed E-state index contributed by atoms with van der Waals surface area (Å²) < 4.78 is 5.45. The van der Waals surface area contributed by atoms with E-state index in [2.05, 4.69) is 0 Å². The van der Waals surface area contributed by atoms with Gasteiger partial charge in [0.1, 0.15) is 23.7 Å². The van der Waals surface area contributed by atoms with Crippen molar-refractivity contribution in [3.63, 3.8) is 0 Å². The molecule has 21 heavy (non-hydrogen) atoms. The van der Waals surface area contributed by atoms with Gasteiger partial charge in [-0.25, -0.2) is 4.79 Å². The van der Waals surface area contributed by atoms with Gasteiger partial charge in [-0.3, -0.25) is 0 Å². The summed E-state index contributed by atoms with van der Waals surface area (Å²) in [4.78, 5) is 11.0. The third kappa shape index (κ3) is 3.53. The van der Waals surface area contributed by atoms with Crippen LogP contribution in [0.15, 0.2) is 30.3 Å². The van der Waals surface area contributed by atoms with Crippen LogP contribution in [-0.4, -0.2) is 16.2 Å². The molecule has 0 saturated carbocycles. The molecule has 0 fully saturated rings. The first-order valence-electron chi connectivity index (χ1n) is 5.71. The Morgan fingerprint density at radius 2 is 1.71 bits per heavy atom. The van der Waals surface area contributed by atoms with E-state index in [4.69, 9.17) is 44.6 Å². The largest absolute Gasteiger partial charge is 0.505 e. The van der Waals surface area contributed by atoms with Gasteiger partial charge < -0.3 is 14.9 Å². The van der Waals surface area contributed by atoms with Crippen LogP contribution in [0.25, 0.3) is 0 Å². The molecule has 0 unspecified atom stereocenters. The second-order valence-corrected chi connectivity index (χ2v) is 5.32. The Balaban J connectivity index is 2.27. The van der Waals surface area contributed by atoms with Crippen molar-refractivity contribution in [2.45, 2.75) is 6.61 Å². The van der Waals surface area contributed by atoms with Gasteiger partial charge in [-0.15, -0.1) is 0 Å². The lowest BCUT2D eigenvalue weighted by Gasteiger charge is -2.11. The van der Waals surface area contributed by atoms with Crippen molar-refractivity contribution >= 4 is 40.8 Å². The molecule has 2 aromatic carbocycles. The first-order valence-corrected chi connectivity index (χ1v) is 6.85. The number of ether oxygens (including phenoxy) is 1. The van der Waals surface area contributed by atoms with E-state index in [0.717, 1.165) is 0 Å². The Morgan fingerprint density at radius 3 is 2.29 bits per heavy atom. The molecule has 4 nitrogen and oxygen atoms in total. The monoisotopic (exact) mass is 346 g/mol. The number of carboxylic acid groups (broad SMARTS) is 1. The minimum atomic E-state index is -1.31. The molecule has 0 aromatic heterocycles. The highest BCUT2D eigenvalue weighted by Gasteiger charge is 2.16. The van der Waals surface area contributed by atoms with Gasteiger partial charge in [-0.1, -0.05) is 40.9 Å². The van der Waals surface area contributed by atoms with Gasteiger partial charge in [0.15, 0.2) is 0 Å². The van der Waals surface area contributed by atoms with Crippen molar-refractivity contribution < 1.29 is 19.7 Å². The van der Waals surface area contributed by atoms with E-state index in [0.29, 0.717) is 15.6 Å². The minimum Gasteiger partial charge on any atom is -0.505 e. The van der Waals surface area contributed by atoms with Gasteiger partial charge in [0, 0.05) is 21.7 Å². The van der Waals surface area contributed by atoms with E-state index < -0.39 is 11.7 Å². The van der Waals surface area contributed by atoms with Crippen LogP contribution in [0.3, 0.4) is 0 Å². The number of carboxylic acids is 1. The second-order valence-electron chi connectivity index (χ2n) is 4.10. The maximum atomic E-state index is 11.0. The minimum absolute atomic E-state index is 0.0403. The van der Waals surface area contributed by atoms with Crippen molar-refractivity contribution in [1.29, 1.82) is 0 Å². The summed E-state index contributed by atoms with van der Waals surface area (Å²) in [7, 11) is 0. The Bertz CT molecular complexity index is 681. The number of rotatable bonds is 4. The summed E-state index contributed by atoms with van der Waals surface area (Å²) in [5.41, 5.74) is 0.227. The topological polar surface area (TPSA) is 66.8 Å². The second kappa shape index (κ2) is 6.43. The van der Waals surface area contributed by atoms with E-state index >= 15 is 0 Å². The average molecular weight is 348 g/mol. The molecule has 0 radical (unpaired) electrons. The van der Waals surface area contributed by atoms with E-state index in [-0.39, 0.29) is 22.9 Å². The summed E-state index contributed by atoms with van der Waals surface area (Å²) >= 11 is 17.8. The molecule has 0 bridgehead atoms. The lowest BCUT2D eigenvalue weighted by Crippen LogP contribution is -2.01. The number of hydrogen-bond acceptors (Lipinski definition) is 3. The van der Waals surface area contributed by atoms with Crippen LogP contribution in [0.2, 0.25) is 15.1 Å². The maximum absolute atomic E-state index is 11.0. The molecular formula is C14H9Cl3O4. The molecule has 7 heteroatoms. The summed E-state index contributed by atoms with van der Waals surface area (Å²) in [6.45, 7) is 0.0403. The number of hydrogen-bond donors (Lipinski definition) is 2. The maximum Gasteiger partial charge on any atom is 0.339 e. The highest BCUT2D eigenvalue weighted by atomic mass is 35.5. The Labute approximate surface area is 135 Å². The molecule has 0 aliphatic rings. The lowest BCUT2D eigenvalue weighted by atomic mass is 10.2. The third-order valence-corrected chi connectivity index (χ3v) is 3.71. The molecule has 0 saturated heterocycles. The van der Waals surface area contributed by atoms with Crippen LogP contribution in [0.1, 0.15) is 15.9 Å². The van der Waals surface area contributed by atoms with Gasteiger partial charge in [0.2, 0.25) is 0 Å². The zero-order valence-corrected chi connectivity index (χ0v) is 12.7. The predicted octanol–water partition coefficient (Wildman–Crippen LogP) is 4.63. The van der Waals surface area contributed by atoms with E-state index in [1.165, 1.54) is 12.1 Å². The molecule has 2 rings (SSSR count). The number of benzene rings is 2. The molecule has 2 aromatic rings. The molecule has 0 heterocycles. The van der Waals surface area contributed by atoms with E-state index in [1.54, 1.807) is 18.2 Å². The summed E-state index contributed by atoms with van der Waals surface area (Å²) in [5, 5.41) is 19.3. The SMILES string of the molecule is O=C(O)c1cc(OCc2c(Cl)cccc2Cl)cc(Cl)c1O. The molecule has 0 atom stereocenters. The van der Waals surface area contributed by atoms with Crippen LogP contribution in [-0.2, 0) is 6.61 Å². The quantitative estimate of drug-likeness (QED) is 0.846. The van der Waals surface area contributed by atoms with Gasteiger partial charge in [0.05, 0.1) is 5.02 Å². The zero-order valence-electron chi connectivity index (χ0n) is 10.4. The van der Waals surface area contributed by atoms with Gasteiger partial charge in [0.25, 0.3) is 0 Å². The van der Waals surface area contributed by atoms with Crippen LogP contribution in [0, 0.1) is 0 Å². The molecule has 2 N–H and O–H groups in total. The Morgan fingerprint density at radius 1 is 1.10 bits per heavy atom. The van der Waals surface area contributed by atoms with E-state index in [9.17, 15) is 9.90 Å². The fourth-order valence-corrected chi connectivity index (χ4v) is 2.36. The highest BCUT2D eigenvalue weighted by Crippen LogP contribution is 2.33. The fraction of sp³-hybridized carbons (Fsp3) is 0.0714. The van der Waals surface area contributed by atoms with E-state index in [1.807, 2.05) is 0 Å². The van der Waals surface area contributed by atoms with Crippen LogP contribution >= 0.6 is 34.8 Å². The average Bonchev–Trinajstić information content (AvgIpc) is 2.41. The summed E-state index contributed by atoms with van der Waals surface area (Å²) in [6, 6.07) is 7.52. The number of halogens is 3. The molecule has 0 amide bonds. The molecule has 110 valence electrons. The molecule has 0 spiro atoms. The number of aromatic hydroxyl groups is 1. The molecule has 0 aliphatic heterocycles. The predicted molar refractivity (Wildman–Crippen MR) is 80.9 cm³/mol. The first-order chi connectivity index (χ1) is 9.90. The molecule has 0 aliphatic carbocycles. The fourth-order valence-electron chi connectivity index (χ4n) is 1.65. The number of phenols is 1. The summed E-state index contributed by atoms with van der Waals surface area (Å²) in [5.74, 6) is -1.63. The third-order valence-electron chi connectivity index (χ3n) is 2.71.